The molecule has 6 nitrogen and oxygen atoms in total. The second-order valence-electron chi connectivity index (χ2n) is 8.23. The molecule has 7 heteroatoms. The molecule has 2 aromatic heterocycles. The minimum Gasteiger partial charge on any atom is -0.322 e. The van der Waals surface area contributed by atoms with Gasteiger partial charge in [-0.25, -0.2) is 13.4 Å². The number of hydrogen-bond acceptors (Lipinski definition) is 4. The van der Waals surface area contributed by atoms with Gasteiger partial charge < -0.3 is 5.32 Å². The van der Waals surface area contributed by atoms with Crippen molar-refractivity contribution in [2.24, 2.45) is 0 Å². The van der Waals surface area contributed by atoms with Crippen molar-refractivity contribution >= 4 is 27.1 Å². The molecule has 1 N–H and O–H groups in total. The predicted molar refractivity (Wildman–Crippen MR) is 118 cm³/mol. The van der Waals surface area contributed by atoms with Crippen LogP contribution >= 0.6 is 0 Å². The van der Waals surface area contributed by atoms with Gasteiger partial charge in [0.1, 0.15) is 5.65 Å². The lowest BCUT2D eigenvalue weighted by atomic mass is 10.0. The van der Waals surface area contributed by atoms with Gasteiger partial charge in [-0.15, -0.1) is 0 Å². The molecule has 0 bridgehead atoms. The number of hydrogen-bond donors (Lipinski definition) is 1. The van der Waals surface area contributed by atoms with Crippen LogP contribution in [0.15, 0.2) is 53.7 Å². The fourth-order valence-corrected chi connectivity index (χ4v) is 6.37. The quantitative estimate of drug-likeness (QED) is 0.636. The summed E-state index contributed by atoms with van der Waals surface area (Å²) in [5.74, 6) is -0.297. The molecule has 0 unspecified atom stereocenters. The molecule has 1 aliphatic carbocycles. The Morgan fingerprint density at radius 2 is 1.80 bits per heavy atom. The lowest BCUT2D eigenvalue weighted by molar-refractivity contribution is 0.102. The van der Waals surface area contributed by atoms with Gasteiger partial charge in [-0.05, 0) is 43.0 Å². The second-order valence-corrected chi connectivity index (χ2v) is 10.4. The van der Waals surface area contributed by atoms with E-state index in [1.54, 1.807) is 22.7 Å². The molecule has 0 radical (unpaired) electrons. The standard InChI is InChI=1S/C23H27N3O3S/c1-16(2)21-23(30(28,29)19-11-7-4-8-12-19)26-14-13-17(15-20(26)25-21)22(27)24-18-9-5-3-6-10-18/h3,5-6,9-10,13-16,19H,4,7-8,11-12H2,1-2H3,(H,24,27). The number of benzene rings is 1. The van der Waals surface area contributed by atoms with Crippen molar-refractivity contribution in [3.63, 3.8) is 0 Å². The highest BCUT2D eigenvalue weighted by atomic mass is 32.2. The first kappa shape index (κ1) is 20.6. The molecule has 1 aromatic carbocycles. The maximum atomic E-state index is 13.5. The molecular formula is C23H27N3O3S. The molecule has 30 heavy (non-hydrogen) atoms. The maximum absolute atomic E-state index is 13.5. The van der Waals surface area contributed by atoms with Gasteiger partial charge in [0.05, 0.1) is 10.9 Å². The Balaban J connectivity index is 1.74. The van der Waals surface area contributed by atoms with Gasteiger partial charge in [0.2, 0.25) is 0 Å². The first-order valence-corrected chi connectivity index (χ1v) is 12.0. The Hall–Kier alpha value is -2.67. The van der Waals surface area contributed by atoms with Crippen molar-refractivity contribution in [1.82, 2.24) is 9.38 Å². The number of amides is 1. The molecule has 0 spiro atoms. The monoisotopic (exact) mass is 425 g/mol. The summed E-state index contributed by atoms with van der Waals surface area (Å²) in [6.07, 6.45) is 6.04. The third-order valence-electron chi connectivity index (χ3n) is 5.71. The lowest BCUT2D eigenvalue weighted by Crippen LogP contribution is -2.26. The number of nitrogens with one attached hydrogen (secondary N) is 1. The smallest absolute Gasteiger partial charge is 0.255 e. The Morgan fingerprint density at radius 3 is 2.47 bits per heavy atom. The van der Waals surface area contributed by atoms with Crippen LogP contribution in [-0.4, -0.2) is 29.0 Å². The molecule has 0 aliphatic heterocycles. The van der Waals surface area contributed by atoms with Crippen LogP contribution in [-0.2, 0) is 9.84 Å². The van der Waals surface area contributed by atoms with Crippen molar-refractivity contribution in [3.8, 4) is 0 Å². The third kappa shape index (κ3) is 3.86. The molecule has 2 heterocycles. The Bertz CT molecular complexity index is 1160. The molecule has 1 fully saturated rings. The zero-order chi connectivity index (χ0) is 21.3. The number of aromatic nitrogens is 2. The average Bonchev–Trinajstić information content (AvgIpc) is 3.15. The fraction of sp³-hybridized carbons (Fsp3) is 0.391. The van der Waals surface area contributed by atoms with Gasteiger partial charge in [-0.2, -0.15) is 0 Å². The molecule has 0 atom stereocenters. The van der Waals surface area contributed by atoms with Crippen LogP contribution in [0.4, 0.5) is 5.69 Å². The van der Waals surface area contributed by atoms with Gasteiger partial charge in [0, 0.05) is 17.4 Å². The number of carbonyl (C=O) groups is 1. The van der Waals surface area contributed by atoms with E-state index in [2.05, 4.69) is 10.3 Å². The number of sulfone groups is 1. The normalized spacial score (nSPS) is 15.6. The predicted octanol–water partition coefficient (Wildman–Crippen LogP) is 4.82. The highest BCUT2D eigenvalue weighted by Gasteiger charge is 2.35. The lowest BCUT2D eigenvalue weighted by Gasteiger charge is -2.22. The van der Waals surface area contributed by atoms with E-state index in [1.807, 2.05) is 44.2 Å². The van der Waals surface area contributed by atoms with Crippen LogP contribution in [0.3, 0.4) is 0 Å². The Labute approximate surface area is 177 Å². The summed E-state index contributed by atoms with van der Waals surface area (Å²) in [4.78, 5) is 17.3. The first-order valence-electron chi connectivity index (χ1n) is 10.5. The van der Waals surface area contributed by atoms with E-state index in [1.165, 1.54) is 0 Å². The first-order chi connectivity index (χ1) is 14.4. The van der Waals surface area contributed by atoms with Crippen molar-refractivity contribution < 1.29 is 13.2 Å². The number of carbonyl (C=O) groups excluding carboxylic acids is 1. The molecule has 0 saturated heterocycles. The molecule has 1 amide bonds. The summed E-state index contributed by atoms with van der Waals surface area (Å²) < 4.78 is 28.7. The van der Waals surface area contributed by atoms with Crippen LogP contribution in [0, 0.1) is 0 Å². The summed E-state index contributed by atoms with van der Waals surface area (Å²) in [7, 11) is -3.50. The second kappa shape index (κ2) is 8.22. The van der Waals surface area contributed by atoms with E-state index in [4.69, 9.17) is 0 Å². The zero-order valence-electron chi connectivity index (χ0n) is 17.3. The summed E-state index contributed by atoms with van der Waals surface area (Å²) >= 11 is 0. The van der Waals surface area contributed by atoms with Crippen molar-refractivity contribution in [3.05, 3.63) is 59.9 Å². The van der Waals surface area contributed by atoms with Gasteiger partial charge in [-0.3, -0.25) is 9.20 Å². The number of imidazole rings is 1. The fourth-order valence-electron chi connectivity index (χ4n) is 4.10. The van der Waals surface area contributed by atoms with E-state index in [9.17, 15) is 13.2 Å². The average molecular weight is 426 g/mol. The Morgan fingerprint density at radius 1 is 1.10 bits per heavy atom. The SMILES string of the molecule is CC(C)c1nc2cc(C(=O)Nc3ccccc3)ccn2c1S(=O)(=O)C1CCCCC1. The Kier molecular flexibility index (Phi) is 5.64. The minimum absolute atomic E-state index is 0.0418. The van der Waals surface area contributed by atoms with Crippen LogP contribution in [0.25, 0.3) is 5.65 Å². The highest BCUT2D eigenvalue weighted by molar-refractivity contribution is 7.92. The van der Waals surface area contributed by atoms with Gasteiger partial charge in [-0.1, -0.05) is 51.3 Å². The number of para-hydroxylation sites is 1. The van der Waals surface area contributed by atoms with Crippen molar-refractivity contribution in [2.45, 2.75) is 62.1 Å². The van der Waals surface area contributed by atoms with Crippen LogP contribution in [0.1, 0.15) is 67.9 Å². The van der Waals surface area contributed by atoms with E-state index >= 15 is 0 Å². The number of rotatable bonds is 5. The van der Waals surface area contributed by atoms with Crippen LogP contribution in [0.2, 0.25) is 0 Å². The summed E-state index contributed by atoms with van der Waals surface area (Å²) in [5, 5.41) is 2.78. The molecule has 158 valence electrons. The third-order valence-corrected chi connectivity index (χ3v) is 8.00. The van der Waals surface area contributed by atoms with E-state index in [0.717, 1.165) is 19.3 Å². The van der Waals surface area contributed by atoms with E-state index in [-0.39, 0.29) is 22.1 Å². The number of anilines is 1. The van der Waals surface area contributed by atoms with Gasteiger partial charge >= 0.3 is 0 Å². The molecule has 1 saturated carbocycles. The summed E-state index contributed by atoms with van der Waals surface area (Å²) in [6, 6.07) is 12.5. The van der Waals surface area contributed by atoms with E-state index in [0.29, 0.717) is 35.4 Å². The van der Waals surface area contributed by atoms with Crippen LogP contribution in [0.5, 0.6) is 0 Å². The maximum Gasteiger partial charge on any atom is 0.255 e. The van der Waals surface area contributed by atoms with Crippen molar-refractivity contribution in [2.75, 3.05) is 5.32 Å². The number of pyridine rings is 1. The topological polar surface area (TPSA) is 80.5 Å². The highest BCUT2D eigenvalue weighted by Crippen LogP contribution is 2.33. The molecule has 1 aliphatic rings. The summed E-state index contributed by atoms with van der Waals surface area (Å²) in [6.45, 7) is 3.90. The van der Waals surface area contributed by atoms with E-state index < -0.39 is 9.84 Å². The summed E-state index contributed by atoms with van der Waals surface area (Å²) in [5.41, 5.74) is 2.19. The molecular weight excluding hydrogens is 398 g/mol. The zero-order valence-corrected chi connectivity index (χ0v) is 18.2. The number of fused-ring (bicyclic) bond motifs is 1. The molecule has 4 rings (SSSR count). The van der Waals surface area contributed by atoms with Gasteiger partial charge in [0.25, 0.3) is 5.91 Å². The largest absolute Gasteiger partial charge is 0.322 e. The van der Waals surface area contributed by atoms with Gasteiger partial charge in [0.15, 0.2) is 14.9 Å². The van der Waals surface area contributed by atoms with Crippen LogP contribution < -0.4 is 5.32 Å². The number of nitrogens with zero attached hydrogens (tertiary/aromatic N) is 2. The van der Waals surface area contributed by atoms with Crippen molar-refractivity contribution in [1.29, 1.82) is 0 Å². The molecule has 3 aromatic rings. The minimum atomic E-state index is -3.50.